The van der Waals surface area contributed by atoms with Crippen LogP contribution < -0.4 is 9.64 Å². The Bertz CT molecular complexity index is 1370. The van der Waals surface area contributed by atoms with Crippen molar-refractivity contribution in [1.29, 1.82) is 0 Å². The summed E-state index contributed by atoms with van der Waals surface area (Å²) < 4.78 is 40.9. The molecule has 2 saturated heterocycles. The SMILES string of the molecule is CCOc1cccc2sc(N(CCCN3CCOCC3)C(=O)C3CCCN3S(=O)(=O)c3ccc(Cl)s3)nc12. The van der Waals surface area contributed by atoms with Gasteiger partial charge in [0.1, 0.15) is 21.5 Å². The summed E-state index contributed by atoms with van der Waals surface area (Å²) in [5.41, 5.74) is 0.712. The molecule has 0 spiro atoms. The quantitative estimate of drug-likeness (QED) is 0.343. The number of halogens is 1. The first-order chi connectivity index (χ1) is 18.4. The van der Waals surface area contributed by atoms with Crippen molar-refractivity contribution in [3.8, 4) is 5.75 Å². The van der Waals surface area contributed by atoms with Crippen LogP contribution in [0.15, 0.2) is 34.5 Å². The molecule has 1 unspecified atom stereocenters. The number of anilines is 1. The fourth-order valence-electron chi connectivity index (χ4n) is 4.88. The number of carbonyl (C=O) groups excluding carboxylic acids is 1. The smallest absolute Gasteiger partial charge is 0.253 e. The van der Waals surface area contributed by atoms with Gasteiger partial charge in [0.2, 0.25) is 5.91 Å². The topological polar surface area (TPSA) is 92.3 Å². The van der Waals surface area contributed by atoms with E-state index >= 15 is 0 Å². The predicted molar refractivity (Wildman–Crippen MR) is 151 cm³/mol. The number of fused-ring (bicyclic) bond motifs is 1. The number of hydrogen-bond donors (Lipinski definition) is 0. The number of ether oxygens (including phenoxy) is 2. The highest BCUT2D eigenvalue weighted by Crippen LogP contribution is 2.37. The third-order valence-electron chi connectivity index (χ3n) is 6.73. The molecule has 5 rings (SSSR count). The molecule has 206 valence electrons. The van der Waals surface area contributed by atoms with Gasteiger partial charge in [0, 0.05) is 32.7 Å². The number of aromatic nitrogens is 1. The fraction of sp³-hybridized carbons (Fsp3) is 0.520. The first-order valence-electron chi connectivity index (χ1n) is 12.8. The molecule has 0 saturated carbocycles. The van der Waals surface area contributed by atoms with Gasteiger partial charge in [-0.1, -0.05) is 29.0 Å². The van der Waals surface area contributed by atoms with Crippen LogP contribution in [0.5, 0.6) is 5.75 Å². The molecule has 1 atom stereocenters. The molecule has 38 heavy (non-hydrogen) atoms. The fourth-order valence-corrected chi connectivity index (χ4v) is 9.16. The monoisotopic (exact) mass is 598 g/mol. The lowest BCUT2D eigenvalue weighted by molar-refractivity contribution is -0.121. The third kappa shape index (κ3) is 5.86. The molecule has 1 aromatic carbocycles. The van der Waals surface area contributed by atoms with Gasteiger partial charge >= 0.3 is 0 Å². The molecular formula is C25H31ClN4O5S3. The number of hydrogen-bond acceptors (Lipinski definition) is 9. The van der Waals surface area contributed by atoms with E-state index < -0.39 is 16.1 Å². The Morgan fingerprint density at radius 3 is 2.76 bits per heavy atom. The third-order valence-corrected chi connectivity index (χ3v) is 11.4. The van der Waals surface area contributed by atoms with E-state index in [2.05, 4.69) is 4.90 Å². The molecular weight excluding hydrogens is 568 g/mol. The molecule has 2 aliphatic rings. The number of rotatable bonds is 10. The lowest BCUT2D eigenvalue weighted by atomic mass is 10.2. The van der Waals surface area contributed by atoms with E-state index in [0.29, 0.717) is 66.5 Å². The van der Waals surface area contributed by atoms with E-state index in [-0.39, 0.29) is 10.1 Å². The van der Waals surface area contributed by atoms with E-state index in [0.717, 1.165) is 42.1 Å². The Balaban J connectivity index is 1.43. The van der Waals surface area contributed by atoms with E-state index in [1.807, 2.05) is 25.1 Å². The van der Waals surface area contributed by atoms with Crippen LogP contribution in [-0.4, -0.2) is 87.1 Å². The van der Waals surface area contributed by atoms with E-state index in [1.165, 1.54) is 21.7 Å². The van der Waals surface area contributed by atoms with Crippen molar-refractivity contribution < 1.29 is 22.7 Å². The maximum Gasteiger partial charge on any atom is 0.253 e. The summed E-state index contributed by atoms with van der Waals surface area (Å²) in [7, 11) is -3.84. The van der Waals surface area contributed by atoms with E-state index in [1.54, 1.807) is 11.0 Å². The number of thiazole rings is 1. The van der Waals surface area contributed by atoms with Gasteiger partial charge in [-0.15, -0.1) is 11.3 Å². The van der Waals surface area contributed by atoms with Gasteiger partial charge in [-0.25, -0.2) is 13.4 Å². The highest BCUT2D eigenvalue weighted by atomic mass is 35.5. The number of amides is 1. The maximum atomic E-state index is 14.1. The van der Waals surface area contributed by atoms with Gasteiger partial charge < -0.3 is 9.47 Å². The minimum atomic E-state index is -3.84. The van der Waals surface area contributed by atoms with Crippen LogP contribution in [0.2, 0.25) is 4.34 Å². The minimum absolute atomic E-state index is 0.155. The Morgan fingerprint density at radius 2 is 2.03 bits per heavy atom. The van der Waals surface area contributed by atoms with Crippen LogP contribution in [0.25, 0.3) is 10.2 Å². The first kappa shape index (κ1) is 27.8. The second-order valence-corrected chi connectivity index (χ2v) is 14.0. The number of nitrogens with zero attached hydrogens (tertiary/aromatic N) is 4. The Hall–Kier alpha value is -1.80. The van der Waals surface area contributed by atoms with Crippen LogP contribution in [0.3, 0.4) is 0 Å². The second kappa shape index (κ2) is 12.2. The molecule has 0 N–H and O–H groups in total. The van der Waals surface area contributed by atoms with Crippen LogP contribution in [-0.2, 0) is 19.6 Å². The average Bonchev–Trinajstić information content (AvgIpc) is 3.67. The molecule has 2 aromatic heterocycles. The van der Waals surface area contributed by atoms with Crippen LogP contribution >= 0.6 is 34.3 Å². The van der Waals surface area contributed by atoms with Gasteiger partial charge in [-0.3, -0.25) is 14.6 Å². The minimum Gasteiger partial charge on any atom is -0.492 e. The summed E-state index contributed by atoms with van der Waals surface area (Å²) >= 11 is 8.46. The van der Waals surface area contributed by atoms with Crippen LogP contribution in [0, 0.1) is 0 Å². The zero-order valence-corrected chi connectivity index (χ0v) is 24.4. The molecule has 0 aliphatic carbocycles. The first-order valence-corrected chi connectivity index (χ1v) is 16.2. The molecule has 2 aliphatic heterocycles. The molecule has 2 fully saturated rings. The zero-order valence-electron chi connectivity index (χ0n) is 21.2. The van der Waals surface area contributed by atoms with Crippen molar-refractivity contribution in [1.82, 2.24) is 14.2 Å². The van der Waals surface area contributed by atoms with Crippen LogP contribution in [0.4, 0.5) is 5.13 Å². The number of sulfonamides is 1. The zero-order chi connectivity index (χ0) is 26.7. The lowest BCUT2D eigenvalue weighted by Gasteiger charge is -2.30. The van der Waals surface area contributed by atoms with Crippen molar-refractivity contribution in [3.05, 3.63) is 34.7 Å². The molecule has 13 heteroatoms. The summed E-state index contributed by atoms with van der Waals surface area (Å²) in [6, 6.07) is 8.03. The average molecular weight is 599 g/mol. The normalized spacial score (nSPS) is 19.3. The predicted octanol–water partition coefficient (Wildman–Crippen LogP) is 4.32. The van der Waals surface area contributed by atoms with Gasteiger partial charge in [-0.2, -0.15) is 4.31 Å². The Labute approximate surface area is 236 Å². The summed E-state index contributed by atoms with van der Waals surface area (Å²) in [5, 5.41) is 0.558. The summed E-state index contributed by atoms with van der Waals surface area (Å²) in [4.78, 5) is 22.9. The number of para-hydroxylation sites is 1. The van der Waals surface area contributed by atoms with Crippen molar-refractivity contribution >= 4 is 65.6 Å². The Morgan fingerprint density at radius 1 is 1.21 bits per heavy atom. The van der Waals surface area contributed by atoms with Crippen molar-refractivity contribution in [2.75, 3.05) is 57.4 Å². The van der Waals surface area contributed by atoms with Crippen LogP contribution in [0.1, 0.15) is 26.2 Å². The van der Waals surface area contributed by atoms with E-state index in [4.69, 9.17) is 26.1 Å². The van der Waals surface area contributed by atoms with Gasteiger partial charge in [0.05, 0.1) is 28.9 Å². The molecule has 4 heterocycles. The largest absolute Gasteiger partial charge is 0.492 e. The number of carbonyl (C=O) groups is 1. The highest BCUT2D eigenvalue weighted by molar-refractivity contribution is 7.91. The van der Waals surface area contributed by atoms with Crippen molar-refractivity contribution in [2.45, 2.75) is 36.4 Å². The van der Waals surface area contributed by atoms with Crippen molar-refractivity contribution in [3.63, 3.8) is 0 Å². The number of thiophene rings is 1. The maximum absolute atomic E-state index is 14.1. The summed E-state index contributed by atoms with van der Waals surface area (Å²) in [6.45, 7) is 7.14. The Kier molecular flexibility index (Phi) is 8.88. The number of morpholine rings is 1. The summed E-state index contributed by atoms with van der Waals surface area (Å²) in [6.07, 6.45) is 1.82. The lowest BCUT2D eigenvalue weighted by Crippen LogP contribution is -2.48. The van der Waals surface area contributed by atoms with Gasteiger partial charge in [0.15, 0.2) is 5.13 Å². The summed E-state index contributed by atoms with van der Waals surface area (Å²) in [5.74, 6) is 0.431. The highest BCUT2D eigenvalue weighted by Gasteiger charge is 2.42. The van der Waals surface area contributed by atoms with Crippen molar-refractivity contribution in [2.24, 2.45) is 0 Å². The van der Waals surface area contributed by atoms with E-state index in [9.17, 15) is 13.2 Å². The molecule has 0 bridgehead atoms. The molecule has 3 aromatic rings. The standard InChI is InChI=1S/C25H31ClN4O5S3/c1-2-35-19-7-3-8-20-23(19)27-25(36-20)29(12-5-11-28-14-16-34-17-15-28)24(31)18-6-4-13-30(18)38(32,33)22-10-9-21(26)37-22/h3,7-10,18H,2,4-6,11-17H2,1H3. The van der Waals surface area contributed by atoms with Gasteiger partial charge in [-0.05, 0) is 50.5 Å². The molecule has 9 nitrogen and oxygen atoms in total. The molecule has 1 amide bonds. The second-order valence-electron chi connectivity index (χ2n) is 9.16. The van der Waals surface area contributed by atoms with Gasteiger partial charge in [0.25, 0.3) is 10.0 Å². The molecule has 0 radical (unpaired) electrons. The number of benzene rings is 1.